The quantitative estimate of drug-likeness (QED) is 0.676. The van der Waals surface area contributed by atoms with Gasteiger partial charge in [-0.2, -0.15) is 13.2 Å². The maximum atomic E-state index is 14.6. The number of aryl methyl sites for hydroxylation is 2. The van der Waals surface area contributed by atoms with E-state index in [9.17, 15) is 27.6 Å². The number of ether oxygens (including phenoxy) is 1. The molecule has 4 rings (SSSR count). The summed E-state index contributed by atoms with van der Waals surface area (Å²) in [5.74, 6) is -3.26. The second-order valence-electron chi connectivity index (χ2n) is 9.58. The van der Waals surface area contributed by atoms with Crippen LogP contribution in [0.25, 0.3) is 11.0 Å². The van der Waals surface area contributed by atoms with Gasteiger partial charge in [-0.05, 0) is 55.9 Å². The van der Waals surface area contributed by atoms with Crippen LogP contribution in [0.5, 0.6) is 0 Å². The number of fused-ring (bicyclic) bond motifs is 3. The number of nitrogens with zero attached hydrogens (tertiary/aromatic N) is 3. The van der Waals surface area contributed by atoms with Gasteiger partial charge < -0.3 is 15.0 Å². The molecule has 0 radical (unpaired) electrons. The Morgan fingerprint density at radius 3 is 2.46 bits per heavy atom. The summed E-state index contributed by atoms with van der Waals surface area (Å²) in [4.78, 5) is 43.6. The van der Waals surface area contributed by atoms with E-state index in [1.54, 1.807) is 13.0 Å². The lowest BCUT2D eigenvalue weighted by Gasteiger charge is -2.35. The number of nitrogens with one attached hydrogen (secondary N) is 2. The summed E-state index contributed by atoms with van der Waals surface area (Å²) in [6.45, 7) is 7.93. The number of amides is 3. The van der Waals surface area contributed by atoms with Crippen LogP contribution < -0.4 is 10.6 Å². The fourth-order valence-electron chi connectivity index (χ4n) is 4.42. The molecule has 2 N–H and O–H groups in total. The number of halogens is 3. The van der Waals surface area contributed by atoms with Crippen LogP contribution in [0.1, 0.15) is 37.8 Å². The number of hydrogen-bond acceptors (Lipinski definition) is 5. The van der Waals surface area contributed by atoms with Crippen molar-refractivity contribution < 1.29 is 32.3 Å². The first kappa shape index (κ1) is 24.8. The van der Waals surface area contributed by atoms with Gasteiger partial charge in [0.25, 0.3) is 11.6 Å². The number of carbonyl (C=O) groups excluding carboxylic acids is 3. The lowest BCUT2D eigenvalue weighted by atomic mass is 9.95. The SMILES string of the molecule is Cc1cc2nc3n(c2cc1C)C(NC(=O)C1CCN(C(=O)OCC(C)C)CC1)(C(F)(F)F)C(=O)N3. The van der Waals surface area contributed by atoms with Crippen LogP contribution in [-0.2, 0) is 20.0 Å². The summed E-state index contributed by atoms with van der Waals surface area (Å²) in [5, 5.41) is 4.20. The van der Waals surface area contributed by atoms with E-state index in [4.69, 9.17) is 4.74 Å². The number of piperidine rings is 1. The van der Waals surface area contributed by atoms with E-state index in [1.165, 1.54) is 11.0 Å². The smallest absolute Gasteiger partial charge is 0.440 e. The zero-order valence-corrected chi connectivity index (χ0v) is 20.0. The molecular formula is C23H28F3N5O4. The molecule has 1 saturated heterocycles. The van der Waals surface area contributed by atoms with Crippen molar-refractivity contribution in [2.24, 2.45) is 11.8 Å². The molecule has 35 heavy (non-hydrogen) atoms. The van der Waals surface area contributed by atoms with Gasteiger partial charge >= 0.3 is 12.3 Å². The van der Waals surface area contributed by atoms with Gasteiger partial charge in [0.15, 0.2) is 0 Å². The Balaban J connectivity index is 1.59. The van der Waals surface area contributed by atoms with E-state index in [1.807, 2.05) is 26.1 Å². The monoisotopic (exact) mass is 495 g/mol. The van der Waals surface area contributed by atoms with E-state index < -0.39 is 35.7 Å². The van der Waals surface area contributed by atoms with Crippen molar-refractivity contribution in [3.63, 3.8) is 0 Å². The average molecular weight is 496 g/mol. The van der Waals surface area contributed by atoms with Gasteiger partial charge in [-0.15, -0.1) is 0 Å². The summed E-state index contributed by atoms with van der Waals surface area (Å²) in [5.41, 5.74) is -1.41. The van der Waals surface area contributed by atoms with Crippen LogP contribution in [0.3, 0.4) is 0 Å². The van der Waals surface area contributed by atoms with Gasteiger partial charge in [0, 0.05) is 19.0 Å². The van der Waals surface area contributed by atoms with Crippen molar-refractivity contribution in [1.29, 1.82) is 0 Å². The third kappa shape index (κ3) is 4.19. The minimum Gasteiger partial charge on any atom is -0.449 e. The molecule has 3 heterocycles. The molecule has 0 bridgehead atoms. The van der Waals surface area contributed by atoms with Crippen LogP contribution in [-0.4, -0.2) is 58.2 Å². The van der Waals surface area contributed by atoms with Crippen molar-refractivity contribution in [2.75, 3.05) is 25.0 Å². The molecule has 2 aliphatic rings. The normalized spacial score (nSPS) is 20.8. The molecule has 9 nitrogen and oxygen atoms in total. The van der Waals surface area contributed by atoms with E-state index in [2.05, 4.69) is 10.3 Å². The van der Waals surface area contributed by atoms with E-state index >= 15 is 0 Å². The Bertz CT molecular complexity index is 1180. The molecule has 1 atom stereocenters. The van der Waals surface area contributed by atoms with Gasteiger partial charge in [0.2, 0.25) is 11.9 Å². The number of rotatable bonds is 4. The molecule has 1 aromatic heterocycles. The predicted molar refractivity (Wildman–Crippen MR) is 120 cm³/mol. The first-order valence-electron chi connectivity index (χ1n) is 11.5. The fraction of sp³-hybridized carbons (Fsp3) is 0.565. The van der Waals surface area contributed by atoms with Gasteiger partial charge in [0.05, 0.1) is 17.6 Å². The van der Waals surface area contributed by atoms with Crippen LogP contribution in [0.2, 0.25) is 0 Å². The summed E-state index contributed by atoms with van der Waals surface area (Å²) >= 11 is 0. The Morgan fingerprint density at radius 2 is 1.86 bits per heavy atom. The maximum Gasteiger partial charge on any atom is 0.440 e. The number of imidazole rings is 1. The third-order valence-corrected chi connectivity index (χ3v) is 6.54. The number of aromatic nitrogens is 2. The number of carbonyl (C=O) groups is 3. The topological polar surface area (TPSA) is 106 Å². The van der Waals surface area contributed by atoms with Crippen molar-refractivity contribution in [2.45, 2.75) is 52.4 Å². The molecule has 1 unspecified atom stereocenters. The summed E-state index contributed by atoms with van der Waals surface area (Å²) in [6.07, 6.45) is -5.37. The highest BCUT2D eigenvalue weighted by atomic mass is 19.4. The molecule has 0 spiro atoms. The molecule has 3 amide bonds. The van der Waals surface area contributed by atoms with Crippen LogP contribution in [0.15, 0.2) is 12.1 Å². The van der Waals surface area contributed by atoms with Crippen molar-refractivity contribution in [3.8, 4) is 0 Å². The third-order valence-electron chi connectivity index (χ3n) is 6.54. The molecule has 1 fully saturated rings. The van der Waals surface area contributed by atoms with Crippen molar-refractivity contribution in [3.05, 3.63) is 23.3 Å². The molecule has 0 aliphatic carbocycles. The minimum atomic E-state index is -5.15. The minimum absolute atomic E-state index is 0.0850. The molecule has 1 aromatic carbocycles. The Labute approximate surface area is 200 Å². The number of hydrogen-bond donors (Lipinski definition) is 2. The van der Waals surface area contributed by atoms with Gasteiger partial charge in [0.1, 0.15) is 0 Å². The Hall–Kier alpha value is -3.31. The summed E-state index contributed by atoms with van der Waals surface area (Å²) in [7, 11) is 0. The van der Waals surface area contributed by atoms with E-state index in [0.29, 0.717) is 0 Å². The number of benzene rings is 1. The Morgan fingerprint density at radius 1 is 1.23 bits per heavy atom. The zero-order chi connectivity index (χ0) is 25.7. The molecule has 190 valence electrons. The standard InChI is InChI=1S/C23H28F3N5O4/c1-12(2)11-35-21(34)30-7-5-15(6-8-30)18(32)29-22(23(24,25)26)19(33)28-20-27-16-9-13(3)14(4)10-17(16)31(20)22/h9-10,12,15H,5-8,11H2,1-4H3,(H,29,32)(H,27,28,33). The highest BCUT2D eigenvalue weighted by Gasteiger charge is 2.68. The Kier molecular flexibility index (Phi) is 6.18. The van der Waals surface area contributed by atoms with Crippen molar-refractivity contribution >= 4 is 34.9 Å². The van der Waals surface area contributed by atoms with Gasteiger partial charge in [-0.1, -0.05) is 13.8 Å². The predicted octanol–water partition coefficient (Wildman–Crippen LogP) is 3.44. The maximum absolute atomic E-state index is 14.6. The average Bonchev–Trinajstić information content (AvgIpc) is 3.25. The number of likely N-dealkylation sites (tertiary alicyclic amines) is 1. The van der Waals surface area contributed by atoms with Crippen molar-refractivity contribution in [1.82, 2.24) is 19.8 Å². The first-order chi connectivity index (χ1) is 16.3. The molecule has 2 aromatic rings. The van der Waals surface area contributed by atoms with Crippen LogP contribution in [0.4, 0.5) is 23.9 Å². The zero-order valence-electron chi connectivity index (χ0n) is 20.0. The lowest BCUT2D eigenvalue weighted by molar-refractivity contribution is -0.218. The van der Waals surface area contributed by atoms with E-state index in [0.717, 1.165) is 15.7 Å². The largest absolute Gasteiger partial charge is 0.449 e. The van der Waals surface area contributed by atoms with E-state index in [-0.39, 0.29) is 55.4 Å². The second-order valence-corrected chi connectivity index (χ2v) is 9.58. The number of alkyl halides is 3. The second kappa shape index (κ2) is 8.72. The van der Waals surface area contributed by atoms with Crippen LogP contribution in [0, 0.1) is 25.7 Å². The summed E-state index contributed by atoms with van der Waals surface area (Å²) < 4.78 is 49.7. The number of anilines is 1. The molecule has 2 aliphatic heterocycles. The van der Waals surface area contributed by atoms with Crippen LogP contribution >= 0.6 is 0 Å². The molecule has 12 heteroatoms. The first-order valence-corrected chi connectivity index (χ1v) is 11.5. The highest BCUT2D eigenvalue weighted by molar-refractivity contribution is 6.05. The molecular weight excluding hydrogens is 467 g/mol. The fourth-order valence-corrected chi connectivity index (χ4v) is 4.42. The summed E-state index contributed by atoms with van der Waals surface area (Å²) in [6, 6.07) is 3.16. The van der Waals surface area contributed by atoms with Gasteiger partial charge in [-0.3, -0.25) is 19.5 Å². The van der Waals surface area contributed by atoms with Gasteiger partial charge in [-0.25, -0.2) is 9.78 Å². The lowest BCUT2D eigenvalue weighted by Crippen LogP contribution is -2.64. The highest BCUT2D eigenvalue weighted by Crippen LogP contribution is 2.44. The molecule has 0 saturated carbocycles.